The van der Waals surface area contributed by atoms with Crippen LogP contribution in [0.5, 0.6) is 0 Å². The maximum Gasteiger partial charge on any atom is 0.490 e. The molecule has 1 aliphatic rings. The van der Waals surface area contributed by atoms with E-state index >= 15 is 0 Å². The summed E-state index contributed by atoms with van der Waals surface area (Å²) >= 11 is 0. The first kappa shape index (κ1) is 24.4. The second-order valence-corrected chi connectivity index (χ2v) is 8.46. The minimum Gasteiger partial charge on any atom is -0.475 e. The number of fused-ring (bicyclic) bond motifs is 1. The average Bonchev–Trinajstić information content (AvgIpc) is 3.30. The van der Waals surface area contributed by atoms with Crippen molar-refractivity contribution in [1.29, 1.82) is 0 Å². The van der Waals surface area contributed by atoms with Crippen molar-refractivity contribution >= 4 is 5.97 Å². The van der Waals surface area contributed by atoms with Crippen LogP contribution in [0.15, 0.2) is 59.3 Å². The minimum atomic E-state index is -5.08. The van der Waals surface area contributed by atoms with Crippen molar-refractivity contribution in [2.24, 2.45) is 0 Å². The Bertz CT molecular complexity index is 1070. The first-order valence-electron chi connectivity index (χ1n) is 10.6. The minimum absolute atomic E-state index is 0.122. The molecule has 0 fully saturated rings. The number of hydrogen-bond acceptors (Lipinski definition) is 5. The summed E-state index contributed by atoms with van der Waals surface area (Å²) in [7, 11) is 0. The largest absolute Gasteiger partial charge is 0.490 e. The van der Waals surface area contributed by atoms with Crippen LogP contribution in [0.2, 0.25) is 0 Å². The van der Waals surface area contributed by atoms with E-state index in [-0.39, 0.29) is 5.41 Å². The van der Waals surface area contributed by atoms with E-state index in [2.05, 4.69) is 30.2 Å². The van der Waals surface area contributed by atoms with Crippen molar-refractivity contribution < 1.29 is 27.5 Å². The Labute approximate surface area is 189 Å². The predicted molar refractivity (Wildman–Crippen MR) is 117 cm³/mol. The zero-order valence-corrected chi connectivity index (χ0v) is 18.4. The lowest BCUT2D eigenvalue weighted by Gasteiger charge is -2.29. The van der Waals surface area contributed by atoms with Crippen LogP contribution in [0, 0.1) is 0 Å². The van der Waals surface area contributed by atoms with Gasteiger partial charge in [-0.15, -0.1) is 0 Å². The Balaban J connectivity index is 0.000000383. The van der Waals surface area contributed by atoms with Gasteiger partial charge < -0.3 is 14.8 Å². The number of carboxylic acids is 1. The van der Waals surface area contributed by atoms with E-state index in [1.807, 2.05) is 42.6 Å². The van der Waals surface area contributed by atoms with Crippen LogP contribution in [0.25, 0.3) is 11.5 Å². The molecule has 0 aliphatic heterocycles. The van der Waals surface area contributed by atoms with E-state index < -0.39 is 12.1 Å². The van der Waals surface area contributed by atoms with Gasteiger partial charge in [0, 0.05) is 29.8 Å². The molecule has 0 saturated heterocycles. The van der Waals surface area contributed by atoms with Gasteiger partial charge in [0.15, 0.2) is 0 Å². The molecule has 1 unspecified atom stereocenters. The standard InChI is InChI=1S/C22H25N3O.C2HF3O2/c1-22(2,19-14-26-21(25-19)17-8-4-3-5-9-17)15-24-18-12-6-10-16-11-7-13-23-20(16)18;3-2(4,5)1(6)7/h3-5,7-9,11,13-14,18,24H,6,10,12,15H2,1-2H3;(H,6,7). The Kier molecular flexibility index (Phi) is 7.53. The molecule has 0 spiro atoms. The highest BCUT2D eigenvalue weighted by molar-refractivity contribution is 5.73. The van der Waals surface area contributed by atoms with E-state index in [1.54, 1.807) is 6.26 Å². The van der Waals surface area contributed by atoms with Crippen LogP contribution in [-0.2, 0) is 16.6 Å². The second-order valence-electron chi connectivity index (χ2n) is 8.46. The third-order valence-electron chi connectivity index (χ3n) is 5.45. The number of oxazole rings is 1. The molecule has 0 saturated carbocycles. The first-order chi connectivity index (χ1) is 15.6. The van der Waals surface area contributed by atoms with Gasteiger partial charge in [-0.05, 0) is 43.0 Å². The van der Waals surface area contributed by atoms with E-state index in [9.17, 15) is 13.2 Å². The quantitative estimate of drug-likeness (QED) is 0.535. The van der Waals surface area contributed by atoms with Crippen molar-refractivity contribution in [2.75, 3.05) is 6.54 Å². The number of halogens is 3. The smallest absolute Gasteiger partial charge is 0.475 e. The SMILES string of the molecule is CC(C)(CNC1CCCc2cccnc21)c1coc(-c2ccccc2)n1.O=C(O)C(F)(F)F. The van der Waals surface area contributed by atoms with E-state index in [0.29, 0.717) is 11.9 Å². The monoisotopic (exact) mass is 461 g/mol. The van der Waals surface area contributed by atoms with Crippen molar-refractivity contribution in [3.05, 3.63) is 71.9 Å². The molecule has 0 bridgehead atoms. The molecule has 9 heteroatoms. The third-order valence-corrected chi connectivity index (χ3v) is 5.45. The number of carboxylic acid groups (broad SMARTS) is 1. The number of aromatic nitrogens is 2. The molecule has 0 radical (unpaired) electrons. The summed E-state index contributed by atoms with van der Waals surface area (Å²) in [4.78, 5) is 18.3. The maximum absolute atomic E-state index is 10.6. The third kappa shape index (κ3) is 6.41. The van der Waals surface area contributed by atoms with Crippen molar-refractivity contribution in [2.45, 2.75) is 50.7 Å². The van der Waals surface area contributed by atoms with E-state index in [0.717, 1.165) is 30.6 Å². The molecule has 6 nitrogen and oxygen atoms in total. The van der Waals surface area contributed by atoms with Gasteiger partial charge in [0.05, 0.1) is 11.4 Å². The fourth-order valence-corrected chi connectivity index (χ4v) is 3.57. The molecule has 176 valence electrons. The van der Waals surface area contributed by atoms with Gasteiger partial charge in [0.1, 0.15) is 6.26 Å². The highest BCUT2D eigenvalue weighted by atomic mass is 19.4. The number of rotatable bonds is 5. The second kappa shape index (κ2) is 10.2. The number of carbonyl (C=O) groups is 1. The van der Waals surface area contributed by atoms with Crippen molar-refractivity contribution in [3.8, 4) is 11.5 Å². The molecule has 2 heterocycles. The number of hydrogen-bond donors (Lipinski definition) is 2. The number of aryl methyl sites for hydroxylation is 1. The van der Waals surface area contributed by atoms with Crippen LogP contribution < -0.4 is 5.32 Å². The lowest BCUT2D eigenvalue weighted by atomic mass is 9.87. The molecule has 2 N–H and O–H groups in total. The molecule has 1 atom stereocenters. The molecular formula is C24H26F3N3O3. The lowest BCUT2D eigenvalue weighted by Crippen LogP contribution is -2.37. The van der Waals surface area contributed by atoms with Crippen LogP contribution >= 0.6 is 0 Å². The number of nitrogens with one attached hydrogen (secondary N) is 1. The van der Waals surface area contributed by atoms with Gasteiger partial charge in [-0.2, -0.15) is 13.2 Å². The average molecular weight is 461 g/mol. The first-order valence-corrected chi connectivity index (χ1v) is 10.6. The van der Waals surface area contributed by atoms with Crippen LogP contribution in [0.4, 0.5) is 13.2 Å². The summed E-state index contributed by atoms with van der Waals surface area (Å²) in [6.07, 6.45) is 2.08. The van der Waals surface area contributed by atoms with Gasteiger partial charge in [-0.1, -0.05) is 38.1 Å². The van der Waals surface area contributed by atoms with Gasteiger partial charge in [-0.25, -0.2) is 9.78 Å². The number of alkyl halides is 3. The molecule has 33 heavy (non-hydrogen) atoms. The zero-order chi connectivity index (χ0) is 24.1. The molecule has 1 aliphatic carbocycles. The highest BCUT2D eigenvalue weighted by Gasteiger charge is 2.38. The number of pyridine rings is 1. The maximum atomic E-state index is 10.6. The van der Waals surface area contributed by atoms with Crippen molar-refractivity contribution in [1.82, 2.24) is 15.3 Å². The van der Waals surface area contributed by atoms with E-state index in [4.69, 9.17) is 19.3 Å². The number of nitrogens with zero attached hydrogens (tertiary/aromatic N) is 2. The predicted octanol–water partition coefficient (Wildman–Crippen LogP) is 5.31. The molecule has 1 aromatic carbocycles. The molecule has 3 aromatic rings. The normalized spacial score (nSPS) is 15.8. The fraction of sp³-hybridized carbons (Fsp3) is 0.375. The summed E-state index contributed by atoms with van der Waals surface area (Å²) < 4.78 is 37.5. The van der Waals surface area contributed by atoms with Gasteiger partial charge in [-0.3, -0.25) is 4.98 Å². The van der Waals surface area contributed by atoms with Crippen LogP contribution in [0.3, 0.4) is 0 Å². The summed E-state index contributed by atoms with van der Waals surface area (Å²) in [5.74, 6) is -2.08. The highest BCUT2D eigenvalue weighted by Crippen LogP contribution is 2.30. The molecular weight excluding hydrogens is 435 g/mol. The number of benzene rings is 1. The van der Waals surface area contributed by atoms with Gasteiger partial charge in [0.2, 0.25) is 5.89 Å². The molecule has 2 aromatic heterocycles. The summed E-state index contributed by atoms with van der Waals surface area (Å²) in [6, 6.07) is 14.6. The topological polar surface area (TPSA) is 88.3 Å². The Morgan fingerprint density at radius 2 is 1.88 bits per heavy atom. The molecule has 4 rings (SSSR count). The Morgan fingerprint density at radius 3 is 2.55 bits per heavy atom. The lowest BCUT2D eigenvalue weighted by molar-refractivity contribution is -0.192. The van der Waals surface area contributed by atoms with Crippen LogP contribution in [0.1, 0.15) is 49.7 Å². The zero-order valence-electron chi connectivity index (χ0n) is 18.4. The Morgan fingerprint density at radius 1 is 1.18 bits per heavy atom. The van der Waals surface area contributed by atoms with Crippen LogP contribution in [-0.4, -0.2) is 33.8 Å². The summed E-state index contributed by atoms with van der Waals surface area (Å²) in [6.45, 7) is 5.23. The van der Waals surface area contributed by atoms with Crippen molar-refractivity contribution in [3.63, 3.8) is 0 Å². The van der Waals surface area contributed by atoms with Gasteiger partial charge in [0.25, 0.3) is 0 Å². The fourth-order valence-electron chi connectivity index (χ4n) is 3.57. The summed E-state index contributed by atoms with van der Waals surface area (Å²) in [5.41, 5.74) is 4.44. The number of aliphatic carboxylic acids is 1. The van der Waals surface area contributed by atoms with E-state index in [1.165, 1.54) is 17.7 Å². The molecule has 0 amide bonds. The summed E-state index contributed by atoms with van der Waals surface area (Å²) in [5, 5.41) is 10.8. The van der Waals surface area contributed by atoms with Gasteiger partial charge >= 0.3 is 12.1 Å². The Hall–Kier alpha value is -3.20.